The van der Waals surface area contributed by atoms with E-state index in [4.69, 9.17) is 24.2 Å². The van der Waals surface area contributed by atoms with Crippen molar-refractivity contribution in [2.45, 2.75) is 92.8 Å². The van der Waals surface area contributed by atoms with Crippen LogP contribution in [0, 0.1) is 0 Å². The van der Waals surface area contributed by atoms with Gasteiger partial charge in [-0.1, -0.05) is 30.3 Å². The number of piperidine rings is 2. The van der Waals surface area contributed by atoms with Crippen molar-refractivity contribution >= 4 is 58.4 Å². The maximum atomic E-state index is 13.5. The lowest BCUT2D eigenvalue weighted by Gasteiger charge is -2.41. The Hall–Kier alpha value is -6.66. The summed E-state index contributed by atoms with van der Waals surface area (Å²) in [7, 11) is 1.34. The molecule has 0 unspecified atom stereocenters. The number of benzene rings is 2. The van der Waals surface area contributed by atoms with Crippen LogP contribution in [-0.4, -0.2) is 177 Å². The standard InChI is InChI=1S/C53H66N12O10S/c1-73-49(70)53(59-44(68)32-62-23-25-63(26-24-62)45(69)34-75-40-5-2-4-39(28-40)65-20-12-43(67)57-51(65)71)16-21-61(22-17-53)31-36-6-8-37(9-7-36)33-74-41-29-54-47(55-30-41)38-10-18-64(19-11-38)50-56-42-13-27-76(72)46(42)48(58-50)60-52(35-66)14-3-15-52/h2,4-9,28-30,38,66H,3,10-27,31-35H2,1H3,(H,59,68)(H,56,58,60)(H,57,67,71)/t76-/m1/s1. The highest BCUT2D eigenvalue weighted by Crippen LogP contribution is 2.40. The number of esters is 1. The number of nitrogens with one attached hydrogen (secondary N) is 3. The number of urea groups is 1. The third-order valence-corrected chi connectivity index (χ3v) is 17.1. The van der Waals surface area contributed by atoms with Crippen LogP contribution in [0.1, 0.15) is 79.9 Å². The molecule has 76 heavy (non-hydrogen) atoms. The number of imide groups is 1. The summed E-state index contributed by atoms with van der Waals surface area (Å²) in [5, 5.41) is 18.9. The molecule has 7 heterocycles. The monoisotopic (exact) mass is 1060 g/mol. The van der Waals surface area contributed by atoms with Gasteiger partial charge in [-0.05, 0) is 79.4 Å². The third-order valence-electron chi connectivity index (χ3n) is 15.6. The van der Waals surface area contributed by atoms with Gasteiger partial charge < -0.3 is 44.3 Å². The van der Waals surface area contributed by atoms with E-state index in [9.17, 15) is 33.6 Å². The van der Waals surface area contributed by atoms with Crippen LogP contribution in [0.3, 0.4) is 0 Å². The number of fused-ring (bicyclic) bond motifs is 1. The number of amides is 5. The first kappa shape index (κ1) is 52.8. The van der Waals surface area contributed by atoms with Gasteiger partial charge in [0, 0.05) is 96.0 Å². The number of piperazine rings is 1. The van der Waals surface area contributed by atoms with Crippen molar-refractivity contribution in [3.05, 3.63) is 83.6 Å². The molecule has 22 nitrogen and oxygen atoms in total. The number of carbonyl (C=O) groups is 5. The number of methoxy groups -OCH3 is 1. The van der Waals surface area contributed by atoms with Gasteiger partial charge in [0.2, 0.25) is 22.7 Å². The Morgan fingerprint density at radius 3 is 2.28 bits per heavy atom. The number of hydrogen-bond donors (Lipinski definition) is 4. The molecule has 4 N–H and O–H groups in total. The number of ether oxygens (including phenoxy) is 3. The van der Waals surface area contributed by atoms with Crippen molar-refractivity contribution in [1.29, 1.82) is 0 Å². The molecule has 5 amide bonds. The van der Waals surface area contributed by atoms with Crippen LogP contribution < -0.4 is 35.2 Å². The minimum absolute atomic E-state index is 0.0145. The average Bonchev–Trinajstić information content (AvgIpc) is 3.81. The molecular formula is C53H66N12O10S. The SMILES string of the molecule is COC(=O)C1(NC(=O)CN2CCN(C(=O)COc3cccc(N4CCC(=O)NC4=O)c3)CC2)CCN(Cc2ccc(COc3cnc(C4CCN(c5nc6c(c(NC7(CO)CCC7)n5)[S@+]([O-])CC6)CC4)nc3)cc2)CC1. The molecule has 23 heteroatoms. The number of carbonyl (C=O) groups excluding carboxylic acids is 5. The highest BCUT2D eigenvalue weighted by molar-refractivity contribution is 7.91. The zero-order chi connectivity index (χ0) is 52.8. The van der Waals surface area contributed by atoms with Crippen molar-refractivity contribution in [3.63, 3.8) is 0 Å². The van der Waals surface area contributed by atoms with Crippen molar-refractivity contribution in [1.82, 2.24) is 45.3 Å². The summed E-state index contributed by atoms with van der Waals surface area (Å²) in [6, 6.07) is 14.5. The molecule has 0 spiro atoms. The number of aromatic nitrogens is 4. The Labute approximate surface area is 444 Å². The highest BCUT2D eigenvalue weighted by Gasteiger charge is 2.45. The molecule has 5 aliphatic heterocycles. The molecule has 1 atom stereocenters. The average molecular weight is 1060 g/mol. The van der Waals surface area contributed by atoms with Crippen LogP contribution in [0.2, 0.25) is 0 Å². The van der Waals surface area contributed by atoms with Crippen molar-refractivity contribution in [2.24, 2.45) is 0 Å². The summed E-state index contributed by atoms with van der Waals surface area (Å²) in [5.41, 5.74) is 1.95. The summed E-state index contributed by atoms with van der Waals surface area (Å²) in [6.45, 7) is 5.56. The molecule has 5 fully saturated rings. The van der Waals surface area contributed by atoms with Crippen LogP contribution in [-0.2, 0) is 54.7 Å². The van der Waals surface area contributed by atoms with Crippen molar-refractivity contribution in [2.75, 3.05) is 107 Å². The lowest BCUT2D eigenvalue weighted by atomic mass is 9.77. The maximum absolute atomic E-state index is 13.5. The fourth-order valence-corrected chi connectivity index (χ4v) is 12.1. The topological polar surface area (TPSA) is 260 Å². The molecule has 0 bridgehead atoms. The Morgan fingerprint density at radius 2 is 1.59 bits per heavy atom. The van der Waals surface area contributed by atoms with E-state index in [0.29, 0.717) is 111 Å². The van der Waals surface area contributed by atoms with Gasteiger partial charge in [0.15, 0.2) is 18.2 Å². The molecule has 1 aliphatic carbocycles. The quantitative estimate of drug-likeness (QED) is 0.0824. The molecule has 2 aromatic carbocycles. The summed E-state index contributed by atoms with van der Waals surface area (Å²) < 4.78 is 30.0. The van der Waals surface area contributed by atoms with E-state index in [2.05, 4.69) is 47.9 Å². The van der Waals surface area contributed by atoms with E-state index >= 15 is 0 Å². The Bertz CT molecular complexity index is 2740. The number of anilines is 3. The molecule has 1 saturated carbocycles. The van der Waals surface area contributed by atoms with Crippen molar-refractivity contribution < 1.29 is 47.8 Å². The molecule has 0 radical (unpaired) electrons. The van der Waals surface area contributed by atoms with Gasteiger partial charge in [0.25, 0.3) is 5.91 Å². The van der Waals surface area contributed by atoms with E-state index < -0.39 is 34.3 Å². The van der Waals surface area contributed by atoms with Gasteiger partial charge in [0.05, 0.1) is 38.2 Å². The second-order valence-corrected chi connectivity index (χ2v) is 22.1. The zero-order valence-corrected chi connectivity index (χ0v) is 43.7. The number of likely N-dealkylation sites (tertiary alicyclic amines) is 1. The van der Waals surface area contributed by atoms with Crippen LogP contribution in [0.5, 0.6) is 11.5 Å². The van der Waals surface area contributed by atoms with Crippen LogP contribution >= 0.6 is 0 Å². The summed E-state index contributed by atoms with van der Waals surface area (Å²) >= 11 is -1.15. The first-order valence-corrected chi connectivity index (χ1v) is 27.6. The largest absolute Gasteiger partial charge is 0.611 e. The van der Waals surface area contributed by atoms with E-state index in [1.54, 1.807) is 41.6 Å². The Morgan fingerprint density at radius 1 is 0.855 bits per heavy atom. The van der Waals surface area contributed by atoms with Gasteiger partial charge in [-0.25, -0.2) is 24.5 Å². The molecular weight excluding hydrogens is 997 g/mol. The molecule has 404 valence electrons. The number of nitrogens with zero attached hydrogens (tertiary/aromatic N) is 9. The predicted molar refractivity (Wildman–Crippen MR) is 279 cm³/mol. The minimum Gasteiger partial charge on any atom is -0.611 e. The third kappa shape index (κ3) is 12.1. The number of aryl methyl sites for hydroxylation is 1. The molecule has 2 aromatic heterocycles. The number of aliphatic hydroxyl groups excluding tert-OH is 1. The maximum Gasteiger partial charge on any atom is 0.331 e. The van der Waals surface area contributed by atoms with E-state index in [1.807, 2.05) is 17.0 Å². The zero-order valence-electron chi connectivity index (χ0n) is 42.9. The van der Waals surface area contributed by atoms with E-state index in [-0.39, 0.29) is 56.4 Å². The van der Waals surface area contributed by atoms with Gasteiger partial charge in [-0.3, -0.25) is 34.4 Å². The lowest BCUT2D eigenvalue weighted by Crippen LogP contribution is -2.62. The normalized spacial score (nSPS) is 20.8. The van der Waals surface area contributed by atoms with Gasteiger partial charge in [-0.15, -0.1) is 0 Å². The van der Waals surface area contributed by atoms with Crippen LogP contribution in [0.25, 0.3) is 0 Å². The fourth-order valence-electron chi connectivity index (χ4n) is 10.8. The number of rotatable bonds is 18. The molecule has 6 aliphatic rings. The first-order chi connectivity index (χ1) is 36.9. The fraction of sp³-hybridized carbons (Fsp3) is 0.528. The van der Waals surface area contributed by atoms with E-state index in [0.717, 1.165) is 67.8 Å². The molecule has 4 aromatic rings. The van der Waals surface area contributed by atoms with Gasteiger partial charge in [-0.2, -0.15) is 4.98 Å². The summed E-state index contributed by atoms with van der Waals surface area (Å²) in [6.07, 6.45) is 9.54. The predicted octanol–water partition coefficient (Wildman–Crippen LogP) is 2.51. The van der Waals surface area contributed by atoms with E-state index in [1.165, 1.54) is 12.0 Å². The van der Waals surface area contributed by atoms with Crippen LogP contribution in [0.15, 0.2) is 65.8 Å². The number of aliphatic hydroxyl groups is 1. The van der Waals surface area contributed by atoms with Gasteiger partial charge >= 0.3 is 12.0 Å². The van der Waals surface area contributed by atoms with Crippen molar-refractivity contribution in [3.8, 4) is 11.5 Å². The molecule has 4 saturated heterocycles. The van der Waals surface area contributed by atoms with Crippen LogP contribution in [0.4, 0.5) is 22.2 Å². The first-order valence-electron chi connectivity index (χ1n) is 26.3. The summed E-state index contributed by atoms with van der Waals surface area (Å²) in [5.74, 6) is 2.48. The minimum atomic E-state index is -1.15. The Kier molecular flexibility index (Phi) is 16.2. The second-order valence-electron chi connectivity index (χ2n) is 20.6. The van der Waals surface area contributed by atoms with Gasteiger partial charge in [0.1, 0.15) is 35.2 Å². The smallest absolute Gasteiger partial charge is 0.331 e. The highest BCUT2D eigenvalue weighted by atomic mass is 32.2. The number of hydrogen-bond acceptors (Lipinski definition) is 18. The summed E-state index contributed by atoms with van der Waals surface area (Å²) in [4.78, 5) is 92.9. The molecule has 10 rings (SSSR count). The lowest BCUT2D eigenvalue weighted by molar-refractivity contribution is -0.153. The second kappa shape index (κ2) is 23.3. The Balaban J connectivity index is 0.632.